The van der Waals surface area contributed by atoms with Crippen molar-refractivity contribution in [3.8, 4) is 11.1 Å². The Balaban J connectivity index is 0.765. The number of fused-ring (bicyclic) bond motifs is 2. The molecule has 0 bridgehead atoms. The quantitative estimate of drug-likeness (QED) is 0.106. The Morgan fingerprint density at radius 3 is 2.33 bits per heavy atom. The molecule has 7 aromatic rings. The SMILES string of the molecule is CNC(=O)c1cc(NC(=O)c2nn(C)c3ccc(-c4ccc(N5CCCC5=O)cc4C4CN(c5ccc(C6CCN(CCc7cccc8c7c(C)nn8C7CCC(=O)NC7=O)CC6)cc5)C4)c(F)c23)ccn1. The molecular weight excluding hydrogens is 914 g/mol. The number of imide groups is 1. The number of pyridine rings is 1. The molecule has 0 spiro atoms. The fraction of sp³-hybridized carbons (Fsp3) is 0.345. The lowest BCUT2D eigenvalue weighted by molar-refractivity contribution is -0.135. The molecule has 368 valence electrons. The number of likely N-dealkylation sites (tertiary alicyclic amines) is 1. The van der Waals surface area contributed by atoms with Gasteiger partial charge < -0.3 is 25.3 Å². The number of carbonyl (C=O) groups is 5. The van der Waals surface area contributed by atoms with Crippen molar-refractivity contribution in [2.45, 2.75) is 69.7 Å². The van der Waals surface area contributed by atoms with Gasteiger partial charge in [-0.2, -0.15) is 10.2 Å². The molecule has 11 rings (SSSR count). The largest absolute Gasteiger partial charge is 0.370 e. The van der Waals surface area contributed by atoms with Crippen LogP contribution in [0.25, 0.3) is 32.9 Å². The number of piperidine rings is 2. The molecule has 17 heteroatoms. The summed E-state index contributed by atoms with van der Waals surface area (Å²) in [6.07, 6.45) is 6.47. The van der Waals surface area contributed by atoms with Gasteiger partial charge in [0.25, 0.3) is 17.7 Å². The number of nitrogens with zero attached hydrogens (tertiary/aromatic N) is 8. The van der Waals surface area contributed by atoms with Crippen molar-refractivity contribution in [1.29, 1.82) is 0 Å². The zero-order valence-electron chi connectivity index (χ0n) is 40.6. The summed E-state index contributed by atoms with van der Waals surface area (Å²) in [5.41, 5.74) is 9.08. The molecule has 0 radical (unpaired) electrons. The number of aromatic nitrogens is 5. The minimum atomic E-state index is -0.628. The Morgan fingerprint density at radius 1 is 0.806 bits per heavy atom. The Kier molecular flexibility index (Phi) is 12.3. The zero-order chi connectivity index (χ0) is 49.8. The molecule has 4 fully saturated rings. The highest BCUT2D eigenvalue weighted by Crippen LogP contribution is 2.42. The fourth-order valence-corrected chi connectivity index (χ4v) is 11.3. The molecule has 1 atom stereocenters. The van der Waals surface area contributed by atoms with E-state index in [1.54, 1.807) is 29.9 Å². The van der Waals surface area contributed by atoms with Gasteiger partial charge in [0.2, 0.25) is 11.8 Å². The smallest absolute Gasteiger partial charge is 0.276 e. The van der Waals surface area contributed by atoms with E-state index in [-0.39, 0.29) is 40.4 Å². The van der Waals surface area contributed by atoms with E-state index < -0.39 is 23.7 Å². The lowest BCUT2D eigenvalue weighted by Crippen LogP contribution is -2.45. The van der Waals surface area contributed by atoms with E-state index in [0.717, 1.165) is 78.9 Å². The first kappa shape index (κ1) is 46.6. The second kappa shape index (κ2) is 19.1. The van der Waals surface area contributed by atoms with Gasteiger partial charge >= 0.3 is 0 Å². The van der Waals surface area contributed by atoms with Gasteiger partial charge in [-0.05, 0) is 135 Å². The third-order valence-corrected chi connectivity index (χ3v) is 15.2. The Labute approximate surface area is 415 Å². The van der Waals surface area contributed by atoms with Crippen molar-refractivity contribution in [2.24, 2.45) is 7.05 Å². The highest BCUT2D eigenvalue weighted by atomic mass is 19.1. The first-order valence-corrected chi connectivity index (χ1v) is 24.9. The summed E-state index contributed by atoms with van der Waals surface area (Å²) >= 11 is 0. The maximum atomic E-state index is 17.2. The minimum Gasteiger partial charge on any atom is -0.370 e. The van der Waals surface area contributed by atoms with Crippen LogP contribution in [0, 0.1) is 12.7 Å². The molecule has 7 heterocycles. The molecule has 3 N–H and O–H groups in total. The van der Waals surface area contributed by atoms with Crippen LogP contribution in [0.2, 0.25) is 0 Å². The number of benzene rings is 4. The molecule has 1 unspecified atom stereocenters. The van der Waals surface area contributed by atoms with Gasteiger partial charge in [-0.25, -0.2) is 4.39 Å². The van der Waals surface area contributed by atoms with Gasteiger partial charge in [0.05, 0.1) is 22.1 Å². The maximum absolute atomic E-state index is 17.2. The third kappa shape index (κ3) is 8.64. The summed E-state index contributed by atoms with van der Waals surface area (Å²) in [5.74, 6) is -1.54. The molecule has 4 aliphatic heterocycles. The normalized spacial score (nSPS) is 18.0. The van der Waals surface area contributed by atoms with Crippen LogP contribution >= 0.6 is 0 Å². The van der Waals surface area contributed by atoms with E-state index in [1.165, 1.54) is 35.1 Å². The Morgan fingerprint density at radius 2 is 1.58 bits per heavy atom. The van der Waals surface area contributed by atoms with Crippen LogP contribution in [0.15, 0.2) is 91.1 Å². The molecular formula is C55H56FN11O5. The van der Waals surface area contributed by atoms with Gasteiger partial charge in [-0.3, -0.25) is 43.6 Å². The predicted octanol–water partition coefficient (Wildman–Crippen LogP) is 7.17. The van der Waals surface area contributed by atoms with E-state index in [0.29, 0.717) is 67.1 Å². The van der Waals surface area contributed by atoms with E-state index in [9.17, 15) is 24.0 Å². The monoisotopic (exact) mass is 969 g/mol. The summed E-state index contributed by atoms with van der Waals surface area (Å²) in [7, 11) is 3.16. The first-order valence-electron chi connectivity index (χ1n) is 24.9. The van der Waals surface area contributed by atoms with Crippen molar-refractivity contribution < 1.29 is 28.4 Å². The lowest BCUT2D eigenvalue weighted by Gasteiger charge is -2.42. The van der Waals surface area contributed by atoms with Crippen molar-refractivity contribution in [2.75, 3.05) is 61.4 Å². The average Bonchev–Trinajstić information content (AvgIpc) is 4.07. The topological polar surface area (TPSA) is 180 Å². The second-order valence-electron chi connectivity index (χ2n) is 19.5. The standard InChI is InChI=1S/C55H56FN11O5/c1-32-49-35(6-4-7-45(49)67(61-32)46-17-18-47(68)60-54(46)71)22-27-64-25-20-34(21-26-64)33-9-11-38(12-10-33)65-30-36(31-65)42-29-39(66-24-5-8-48(66)69)13-14-40(42)41-15-16-44-50(51(41)56)52(62-63(44)3)55(72)59-37-19-23-58-43(28-37)53(70)57-2/h4,6-7,9-16,19,23,28-29,34,36,46H,5,8,17-18,20-22,24-27,30-31H2,1-3H3,(H,57,70)(H,58,59,72)(H,60,68,71). The van der Waals surface area contributed by atoms with E-state index in [2.05, 4.69) is 66.2 Å². The zero-order valence-corrected chi connectivity index (χ0v) is 40.6. The Bertz CT molecular complexity index is 3320. The van der Waals surface area contributed by atoms with Crippen LogP contribution in [0.5, 0.6) is 0 Å². The van der Waals surface area contributed by atoms with Crippen LogP contribution in [-0.2, 0) is 27.9 Å². The van der Waals surface area contributed by atoms with Gasteiger partial charge in [-0.15, -0.1) is 0 Å². The summed E-state index contributed by atoms with van der Waals surface area (Å²) in [5, 5.41) is 18.2. The predicted molar refractivity (Wildman–Crippen MR) is 273 cm³/mol. The third-order valence-electron chi connectivity index (χ3n) is 15.2. The number of anilines is 3. The summed E-state index contributed by atoms with van der Waals surface area (Å²) < 4.78 is 20.5. The number of nitrogens with one attached hydrogen (secondary N) is 3. The van der Waals surface area contributed by atoms with Gasteiger partial charge in [0, 0.05) is 93.2 Å². The summed E-state index contributed by atoms with van der Waals surface area (Å²) in [6.45, 7) is 6.99. The van der Waals surface area contributed by atoms with Crippen molar-refractivity contribution in [3.05, 3.63) is 131 Å². The number of aryl methyl sites for hydroxylation is 2. The molecule has 0 aliphatic carbocycles. The molecule has 5 amide bonds. The molecule has 4 aromatic carbocycles. The highest BCUT2D eigenvalue weighted by molar-refractivity contribution is 6.12. The average molecular weight is 970 g/mol. The van der Waals surface area contributed by atoms with Crippen LogP contribution < -0.4 is 25.8 Å². The first-order chi connectivity index (χ1) is 34.9. The van der Waals surface area contributed by atoms with Crippen LogP contribution in [0.4, 0.5) is 21.5 Å². The summed E-state index contributed by atoms with van der Waals surface area (Å²) in [6, 6.07) is 27.0. The van der Waals surface area contributed by atoms with E-state index in [4.69, 9.17) is 5.10 Å². The molecule has 16 nitrogen and oxygen atoms in total. The van der Waals surface area contributed by atoms with Gasteiger partial charge in [-0.1, -0.05) is 30.3 Å². The van der Waals surface area contributed by atoms with Gasteiger partial charge in [0.15, 0.2) is 5.69 Å². The molecule has 3 aromatic heterocycles. The number of hydrogen-bond donors (Lipinski definition) is 3. The van der Waals surface area contributed by atoms with Crippen molar-refractivity contribution >= 4 is 68.4 Å². The maximum Gasteiger partial charge on any atom is 0.276 e. The van der Waals surface area contributed by atoms with E-state index >= 15 is 4.39 Å². The van der Waals surface area contributed by atoms with Gasteiger partial charge in [0.1, 0.15) is 17.6 Å². The molecule has 4 saturated heterocycles. The number of halogens is 1. The van der Waals surface area contributed by atoms with Crippen LogP contribution in [0.3, 0.4) is 0 Å². The molecule has 4 aliphatic rings. The number of carbonyl (C=O) groups excluding carboxylic acids is 5. The van der Waals surface area contributed by atoms with Crippen molar-refractivity contribution in [3.63, 3.8) is 0 Å². The minimum absolute atomic E-state index is 0.0482. The fourth-order valence-electron chi connectivity index (χ4n) is 11.3. The number of rotatable bonds is 12. The van der Waals surface area contributed by atoms with Crippen molar-refractivity contribution in [1.82, 2.24) is 40.1 Å². The highest BCUT2D eigenvalue weighted by Gasteiger charge is 2.34. The van der Waals surface area contributed by atoms with Crippen LogP contribution in [-0.4, -0.2) is 105 Å². The Hall–Kier alpha value is -7.79. The number of hydrogen-bond acceptors (Lipinski definition) is 10. The molecule has 0 saturated carbocycles. The second-order valence-corrected chi connectivity index (χ2v) is 19.5. The number of amides is 5. The molecule has 72 heavy (non-hydrogen) atoms. The van der Waals surface area contributed by atoms with Crippen LogP contribution in [0.1, 0.15) is 99.8 Å². The van der Waals surface area contributed by atoms with E-state index in [1.807, 2.05) is 42.2 Å². The summed E-state index contributed by atoms with van der Waals surface area (Å²) in [4.78, 5) is 74.2. The lowest BCUT2D eigenvalue weighted by atomic mass is 9.84.